The van der Waals surface area contributed by atoms with Crippen molar-refractivity contribution in [2.24, 2.45) is 0 Å². The molecule has 0 spiro atoms. The van der Waals surface area contributed by atoms with Crippen LogP contribution in [0.4, 0.5) is 8.78 Å². The quantitative estimate of drug-likeness (QED) is 0.649. The molecule has 0 aliphatic heterocycles. The van der Waals surface area contributed by atoms with Crippen molar-refractivity contribution < 1.29 is 16.4 Å². The highest BCUT2D eigenvalue weighted by atomic mass is 19.3. The van der Waals surface area contributed by atoms with Crippen LogP contribution in [0.3, 0.4) is 0 Å². The summed E-state index contributed by atoms with van der Waals surface area (Å²) in [6.45, 7) is -0.857. The summed E-state index contributed by atoms with van der Waals surface area (Å²) in [6, 6.07) is 6.47. The number of benzene rings is 1. The molecule has 0 heterocycles. The molecule has 0 aromatic heterocycles. The van der Waals surface area contributed by atoms with Crippen molar-refractivity contribution in [3.05, 3.63) is 29.8 Å². The molecule has 0 aliphatic carbocycles. The first-order valence-corrected chi connectivity index (χ1v) is 3.20. The van der Waals surface area contributed by atoms with Crippen LogP contribution in [0.15, 0.2) is 24.3 Å². The molecule has 1 aromatic carbocycles. The molecule has 0 aliphatic rings. The van der Waals surface area contributed by atoms with Crippen LogP contribution in [0.25, 0.3) is 0 Å². The van der Waals surface area contributed by atoms with Gasteiger partial charge in [0.1, 0.15) is 5.75 Å². The van der Waals surface area contributed by atoms with E-state index in [1.165, 1.54) is 12.1 Å². The second kappa shape index (κ2) is 3.32. The summed E-state index contributed by atoms with van der Waals surface area (Å²) >= 11 is 0. The van der Waals surface area contributed by atoms with E-state index in [0.29, 0.717) is 0 Å². The van der Waals surface area contributed by atoms with Crippen LogP contribution in [0.5, 0.6) is 5.75 Å². The highest BCUT2D eigenvalue weighted by molar-refractivity contribution is 5.26. The molecular weight excluding hydrogens is 150 g/mol. The minimum Gasteiger partial charge on any atom is -0.435 e. The summed E-state index contributed by atoms with van der Waals surface area (Å²) in [7, 11) is 0. The van der Waals surface area contributed by atoms with Crippen LogP contribution < -0.4 is 4.74 Å². The van der Waals surface area contributed by atoms with E-state index in [9.17, 15) is 8.78 Å². The van der Waals surface area contributed by atoms with E-state index in [2.05, 4.69) is 4.74 Å². The van der Waals surface area contributed by atoms with Gasteiger partial charge in [0.15, 0.2) is 0 Å². The maximum atomic E-state index is 11.6. The van der Waals surface area contributed by atoms with Crippen LogP contribution in [0.1, 0.15) is 8.42 Å². The summed E-state index contributed by atoms with van der Waals surface area (Å²) in [6.07, 6.45) is 0. The summed E-state index contributed by atoms with van der Waals surface area (Å²) in [5.74, 6) is 0.200. The molecule has 0 N–H and O–H groups in total. The summed E-state index contributed by atoms with van der Waals surface area (Å²) in [5.41, 5.74) is 1.02. The second-order valence-corrected chi connectivity index (χ2v) is 2.19. The number of halogens is 2. The molecule has 64 valence electrons. The molecule has 1 rings (SSSR count). The molecule has 0 atom stereocenters. The Morgan fingerprint density at radius 1 is 1.27 bits per heavy atom. The number of alkyl halides is 2. The first-order chi connectivity index (χ1) is 5.18. The number of aryl methyl sites for hydroxylation is 1. The lowest BCUT2D eigenvalue weighted by Gasteiger charge is -2.02. The lowest BCUT2D eigenvalue weighted by molar-refractivity contribution is -0.0498. The topological polar surface area (TPSA) is 9.23 Å². The molecule has 1 aromatic rings. The van der Waals surface area contributed by atoms with E-state index in [4.69, 9.17) is 0 Å². The average Bonchev–Trinajstić information content (AvgIpc) is 1.93. The maximum absolute atomic E-state index is 11.6. The van der Waals surface area contributed by atoms with Crippen molar-refractivity contribution in [3.63, 3.8) is 0 Å². The number of rotatable bonds is 2. The first-order valence-electron chi connectivity index (χ1n) is 3.20. The lowest BCUT2D eigenvalue weighted by atomic mass is 10.2. The zero-order chi connectivity index (χ0) is 8.27. The molecule has 0 radical (unpaired) electrons. The van der Waals surface area contributed by atoms with Gasteiger partial charge in [0.25, 0.3) is 0 Å². The van der Waals surface area contributed by atoms with Gasteiger partial charge in [-0.3, -0.25) is 0 Å². The third-order valence-corrected chi connectivity index (χ3v) is 1.25. The van der Waals surface area contributed by atoms with Gasteiger partial charge in [-0.1, -0.05) is 17.7 Å². The van der Waals surface area contributed by atoms with Gasteiger partial charge in [-0.2, -0.15) is 8.78 Å². The Kier molecular flexibility index (Phi) is 2.41. The van der Waals surface area contributed by atoms with Gasteiger partial charge < -0.3 is 4.74 Å². The monoisotopic (exact) mass is 162 g/mol. The van der Waals surface area contributed by atoms with E-state index in [-0.39, 0.29) is 8.60 Å². The van der Waals surface area contributed by atoms with Crippen molar-refractivity contribution in [3.8, 4) is 5.75 Å². The summed E-state index contributed by atoms with van der Waals surface area (Å²) in [4.78, 5) is 0. The van der Waals surface area contributed by atoms with Gasteiger partial charge in [0.2, 0.25) is 0 Å². The van der Waals surface area contributed by atoms with E-state index >= 15 is 0 Å². The molecule has 3 heteroatoms. The van der Waals surface area contributed by atoms with E-state index in [1.54, 1.807) is 12.1 Å². The minimum atomic E-state index is -2.74. The van der Waals surface area contributed by atoms with Gasteiger partial charge >= 0.3 is 6.61 Å². The predicted octanol–water partition coefficient (Wildman–Crippen LogP) is 3.09. The van der Waals surface area contributed by atoms with E-state index < -0.39 is 6.61 Å². The Balaban J connectivity index is 0. The number of ether oxygens (including phenoxy) is 1. The van der Waals surface area contributed by atoms with Gasteiger partial charge in [-0.05, 0) is 19.1 Å². The van der Waals surface area contributed by atoms with Crippen molar-refractivity contribution in [2.45, 2.75) is 13.5 Å². The summed E-state index contributed by atoms with van der Waals surface area (Å²) in [5, 5.41) is 0. The molecule has 0 saturated carbocycles. The van der Waals surface area contributed by atoms with Crippen molar-refractivity contribution >= 4 is 0 Å². The number of hydrogen-bond donors (Lipinski definition) is 0. The molecule has 0 unspecified atom stereocenters. The minimum absolute atomic E-state index is 0. The molecule has 11 heavy (non-hydrogen) atoms. The van der Waals surface area contributed by atoms with Crippen molar-refractivity contribution in [2.75, 3.05) is 0 Å². The van der Waals surface area contributed by atoms with Crippen LogP contribution in [-0.4, -0.2) is 6.61 Å². The maximum Gasteiger partial charge on any atom is 0.387 e. The smallest absolute Gasteiger partial charge is 0.387 e. The first kappa shape index (κ1) is 7.98. The standard InChI is InChI=1S/C8H8F2O.2H2/c1-6-2-4-7(5-3-6)11-8(9)10;;/h2-5,8H,1H3;2*1H. The highest BCUT2D eigenvalue weighted by Crippen LogP contribution is 2.13. The van der Waals surface area contributed by atoms with Crippen LogP contribution in [0, 0.1) is 6.92 Å². The van der Waals surface area contributed by atoms with E-state index in [1.807, 2.05) is 6.92 Å². The molecular formula is C8H12F2O. The summed E-state index contributed by atoms with van der Waals surface area (Å²) < 4.78 is 27.3. The van der Waals surface area contributed by atoms with Crippen molar-refractivity contribution in [1.82, 2.24) is 0 Å². The third-order valence-electron chi connectivity index (χ3n) is 1.25. The van der Waals surface area contributed by atoms with E-state index in [0.717, 1.165) is 5.56 Å². The lowest BCUT2D eigenvalue weighted by Crippen LogP contribution is -2.01. The molecule has 0 saturated heterocycles. The van der Waals surface area contributed by atoms with Crippen LogP contribution in [-0.2, 0) is 0 Å². The number of hydrogen-bond acceptors (Lipinski definition) is 1. The Labute approximate surface area is 66.6 Å². The molecule has 0 amide bonds. The fourth-order valence-electron chi connectivity index (χ4n) is 0.720. The zero-order valence-corrected chi connectivity index (χ0v) is 6.05. The Hall–Kier alpha value is -1.12. The molecule has 0 fully saturated rings. The van der Waals surface area contributed by atoms with Gasteiger partial charge in [0.05, 0.1) is 0 Å². The third kappa shape index (κ3) is 2.53. The zero-order valence-electron chi connectivity index (χ0n) is 6.05. The fraction of sp³-hybridized carbons (Fsp3) is 0.250. The Morgan fingerprint density at radius 2 is 1.82 bits per heavy atom. The largest absolute Gasteiger partial charge is 0.435 e. The normalized spacial score (nSPS) is 10.2. The fourth-order valence-corrected chi connectivity index (χ4v) is 0.720. The van der Waals surface area contributed by atoms with Gasteiger partial charge in [-0.25, -0.2) is 0 Å². The van der Waals surface area contributed by atoms with Gasteiger partial charge in [0, 0.05) is 2.85 Å². The van der Waals surface area contributed by atoms with Crippen LogP contribution >= 0.6 is 0 Å². The van der Waals surface area contributed by atoms with Crippen LogP contribution in [0.2, 0.25) is 0 Å². The van der Waals surface area contributed by atoms with Crippen molar-refractivity contribution in [1.29, 1.82) is 0 Å². The second-order valence-electron chi connectivity index (χ2n) is 2.19. The molecule has 1 nitrogen and oxygen atoms in total. The highest BCUT2D eigenvalue weighted by Gasteiger charge is 2.01. The van der Waals surface area contributed by atoms with Gasteiger partial charge in [-0.15, -0.1) is 0 Å². The Bertz CT molecular complexity index is 226. The predicted molar refractivity (Wildman–Crippen MR) is 42.0 cm³/mol. The Morgan fingerprint density at radius 3 is 2.27 bits per heavy atom. The SMILES string of the molecule is Cc1ccc(OC(F)F)cc1.[HH].[HH]. The average molecular weight is 162 g/mol. The molecule has 0 bridgehead atoms.